The number of aryl methyl sites for hydroxylation is 1. The first kappa shape index (κ1) is 13.5. The zero-order chi connectivity index (χ0) is 13.0. The molecule has 6 nitrogen and oxygen atoms in total. The van der Waals surface area contributed by atoms with Crippen molar-refractivity contribution >= 4 is 23.5 Å². The van der Waals surface area contributed by atoms with Crippen molar-refractivity contribution in [1.82, 2.24) is 10.1 Å². The molecule has 1 rings (SSSR count). The van der Waals surface area contributed by atoms with Gasteiger partial charge in [0.05, 0.1) is 0 Å². The van der Waals surface area contributed by atoms with Crippen LogP contribution in [0.3, 0.4) is 0 Å². The molecule has 1 N–H and O–H groups in total. The fraction of sp³-hybridized carbons (Fsp3) is 0.500. The monoisotopic (exact) mass is 260 g/mol. The number of carboxylic acid groups (broad SMARTS) is 1. The summed E-state index contributed by atoms with van der Waals surface area (Å²) in [5.74, 6) is -0.853. The molecule has 94 valence electrons. The van der Waals surface area contributed by atoms with Crippen molar-refractivity contribution in [2.24, 2.45) is 0 Å². The first-order valence-corrected chi connectivity index (χ1v) is 5.40. The number of aliphatic carboxylic acids is 1. The van der Waals surface area contributed by atoms with Crippen LogP contribution in [0.2, 0.25) is 5.15 Å². The minimum Gasteiger partial charge on any atom is -0.481 e. The van der Waals surface area contributed by atoms with E-state index in [9.17, 15) is 9.59 Å². The first-order chi connectivity index (χ1) is 7.93. The standard InChI is InChI=1S/C10H13ClN2O4/c1-6-8(9(11)12-17-6)10(16)13(2)5-3-4-7(14)15/h3-5H2,1-2H3,(H,14,15). The van der Waals surface area contributed by atoms with E-state index in [1.807, 2.05) is 0 Å². The van der Waals surface area contributed by atoms with E-state index in [0.717, 1.165) is 0 Å². The normalized spacial score (nSPS) is 10.3. The van der Waals surface area contributed by atoms with Gasteiger partial charge >= 0.3 is 5.97 Å². The summed E-state index contributed by atoms with van der Waals surface area (Å²) in [5, 5.41) is 12.0. The number of hydrogen-bond donors (Lipinski definition) is 1. The smallest absolute Gasteiger partial charge is 0.303 e. The summed E-state index contributed by atoms with van der Waals surface area (Å²) < 4.78 is 4.79. The molecular weight excluding hydrogens is 248 g/mol. The average Bonchev–Trinajstić information content (AvgIpc) is 2.57. The Kier molecular flexibility index (Phi) is 4.51. The predicted molar refractivity (Wildman–Crippen MR) is 60.1 cm³/mol. The second-order valence-electron chi connectivity index (χ2n) is 3.63. The van der Waals surface area contributed by atoms with Crippen LogP contribution in [0.25, 0.3) is 0 Å². The number of halogens is 1. The van der Waals surface area contributed by atoms with Crippen LogP contribution in [0.15, 0.2) is 4.52 Å². The Bertz CT molecular complexity index is 410. The van der Waals surface area contributed by atoms with Gasteiger partial charge in [0.15, 0.2) is 5.15 Å². The van der Waals surface area contributed by atoms with Gasteiger partial charge in [0, 0.05) is 20.0 Å². The third-order valence-corrected chi connectivity index (χ3v) is 2.52. The molecule has 0 unspecified atom stereocenters. The molecule has 0 aliphatic heterocycles. The van der Waals surface area contributed by atoms with E-state index in [4.69, 9.17) is 21.2 Å². The van der Waals surface area contributed by atoms with E-state index in [1.54, 1.807) is 14.0 Å². The zero-order valence-corrected chi connectivity index (χ0v) is 10.3. The molecule has 7 heteroatoms. The van der Waals surface area contributed by atoms with Crippen molar-refractivity contribution < 1.29 is 19.2 Å². The number of amides is 1. The zero-order valence-electron chi connectivity index (χ0n) is 9.57. The van der Waals surface area contributed by atoms with Crippen molar-refractivity contribution in [3.05, 3.63) is 16.5 Å². The fourth-order valence-corrected chi connectivity index (χ4v) is 1.59. The molecule has 0 fully saturated rings. The van der Waals surface area contributed by atoms with Gasteiger partial charge in [-0.15, -0.1) is 0 Å². The number of hydrogen-bond acceptors (Lipinski definition) is 4. The van der Waals surface area contributed by atoms with Gasteiger partial charge in [0.25, 0.3) is 5.91 Å². The van der Waals surface area contributed by atoms with Gasteiger partial charge in [-0.3, -0.25) is 9.59 Å². The molecule has 0 saturated heterocycles. The van der Waals surface area contributed by atoms with Gasteiger partial charge in [-0.2, -0.15) is 0 Å². The minimum atomic E-state index is -0.884. The molecule has 0 atom stereocenters. The number of carboxylic acids is 1. The lowest BCUT2D eigenvalue weighted by molar-refractivity contribution is -0.137. The maximum absolute atomic E-state index is 11.9. The third-order valence-electron chi connectivity index (χ3n) is 2.27. The molecule has 0 aliphatic rings. The molecular formula is C10H13ClN2O4. The molecule has 0 bridgehead atoms. The molecule has 0 aromatic carbocycles. The minimum absolute atomic E-state index is 0.0218. The second kappa shape index (κ2) is 5.67. The van der Waals surface area contributed by atoms with Crippen molar-refractivity contribution in [2.45, 2.75) is 19.8 Å². The molecule has 0 radical (unpaired) electrons. The highest BCUT2D eigenvalue weighted by Gasteiger charge is 2.22. The van der Waals surface area contributed by atoms with Crippen molar-refractivity contribution in [2.75, 3.05) is 13.6 Å². The number of nitrogens with zero attached hydrogens (tertiary/aromatic N) is 2. The lowest BCUT2D eigenvalue weighted by atomic mass is 10.2. The Morgan fingerprint density at radius 2 is 2.18 bits per heavy atom. The second-order valence-corrected chi connectivity index (χ2v) is 3.99. The van der Waals surface area contributed by atoms with Crippen LogP contribution in [0.1, 0.15) is 29.0 Å². The Hall–Kier alpha value is -1.56. The van der Waals surface area contributed by atoms with Gasteiger partial charge in [-0.1, -0.05) is 16.8 Å². The Balaban J connectivity index is 2.61. The Morgan fingerprint density at radius 3 is 2.65 bits per heavy atom. The maximum atomic E-state index is 11.9. The quantitative estimate of drug-likeness (QED) is 0.869. The number of rotatable bonds is 5. The Morgan fingerprint density at radius 1 is 1.53 bits per heavy atom. The van der Waals surface area contributed by atoms with Gasteiger partial charge < -0.3 is 14.5 Å². The lowest BCUT2D eigenvalue weighted by Gasteiger charge is -2.15. The van der Waals surface area contributed by atoms with Crippen LogP contribution >= 0.6 is 11.6 Å². The van der Waals surface area contributed by atoms with E-state index >= 15 is 0 Å². The van der Waals surface area contributed by atoms with Gasteiger partial charge in [0.2, 0.25) is 0 Å². The molecule has 17 heavy (non-hydrogen) atoms. The predicted octanol–water partition coefficient (Wildman–Crippen LogP) is 1.57. The van der Waals surface area contributed by atoms with Crippen LogP contribution in [0.5, 0.6) is 0 Å². The number of carbonyl (C=O) groups excluding carboxylic acids is 1. The van der Waals surface area contributed by atoms with Crippen LogP contribution < -0.4 is 0 Å². The molecule has 1 amide bonds. The van der Waals surface area contributed by atoms with Crippen molar-refractivity contribution in [1.29, 1.82) is 0 Å². The van der Waals surface area contributed by atoms with Crippen LogP contribution in [0.4, 0.5) is 0 Å². The molecule has 1 aromatic rings. The average molecular weight is 261 g/mol. The van der Waals surface area contributed by atoms with Crippen LogP contribution in [-0.4, -0.2) is 40.6 Å². The van der Waals surface area contributed by atoms with Gasteiger partial charge in [-0.05, 0) is 13.3 Å². The highest BCUT2D eigenvalue weighted by Crippen LogP contribution is 2.19. The SMILES string of the molecule is Cc1onc(Cl)c1C(=O)N(C)CCCC(=O)O. The molecule has 0 aliphatic carbocycles. The third kappa shape index (κ3) is 3.45. The van der Waals surface area contributed by atoms with Crippen LogP contribution in [-0.2, 0) is 4.79 Å². The van der Waals surface area contributed by atoms with Gasteiger partial charge in [0.1, 0.15) is 11.3 Å². The van der Waals surface area contributed by atoms with Crippen LogP contribution in [0, 0.1) is 6.92 Å². The summed E-state index contributed by atoms with van der Waals surface area (Å²) in [6, 6.07) is 0. The van der Waals surface area contributed by atoms with E-state index in [0.29, 0.717) is 18.7 Å². The topological polar surface area (TPSA) is 83.6 Å². The van der Waals surface area contributed by atoms with Gasteiger partial charge in [-0.25, -0.2) is 0 Å². The van der Waals surface area contributed by atoms with Crippen molar-refractivity contribution in [3.63, 3.8) is 0 Å². The summed E-state index contributed by atoms with van der Waals surface area (Å²) >= 11 is 5.72. The molecule has 0 saturated carbocycles. The van der Waals surface area contributed by atoms with Crippen molar-refractivity contribution in [3.8, 4) is 0 Å². The summed E-state index contributed by atoms with van der Waals surface area (Å²) in [4.78, 5) is 23.7. The molecule has 0 spiro atoms. The summed E-state index contributed by atoms with van der Waals surface area (Å²) in [7, 11) is 1.58. The van der Waals surface area contributed by atoms with E-state index in [2.05, 4.69) is 5.16 Å². The lowest BCUT2D eigenvalue weighted by Crippen LogP contribution is -2.28. The molecule has 1 heterocycles. The number of aromatic nitrogens is 1. The maximum Gasteiger partial charge on any atom is 0.303 e. The summed E-state index contributed by atoms with van der Waals surface area (Å²) in [6.45, 7) is 1.93. The highest BCUT2D eigenvalue weighted by atomic mass is 35.5. The summed E-state index contributed by atoms with van der Waals surface area (Å²) in [5.41, 5.74) is 0.226. The van der Waals surface area contributed by atoms with E-state index in [-0.39, 0.29) is 23.0 Å². The summed E-state index contributed by atoms with van der Waals surface area (Å²) in [6.07, 6.45) is 0.410. The van der Waals surface area contributed by atoms with E-state index < -0.39 is 5.97 Å². The van der Waals surface area contributed by atoms with E-state index in [1.165, 1.54) is 4.90 Å². The highest BCUT2D eigenvalue weighted by molar-refractivity contribution is 6.32. The number of carbonyl (C=O) groups is 2. The largest absolute Gasteiger partial charge is 0.481 e. The fourth-order valence-electron chi connectivity index (χ4n) is 1.34. The first-order valence-electron chi connectivity index (χ1n) is 5.02. The Labute approximate surface area is 103 Å². The molecule has 1 aromatic heterocycles.